The first-order valence-corrected chi connectivity index (χ1v) is 12.5. The highest BCUT2D eigenvalue weighted by molar-refractivity contribution is 7.91. The van der Waals surface area contributed by atoms with Crippen molar-refractivity contribution in [1.82, 2.24) is 14.4 Å². The number of sulfonamides is 1. The normalized spacial score (nSPS) is 17.3. The Morgan fingerprint density at radius 1 is 1.38 bits per heavy atom. The maximum atomic E-state index is 13.2. The van der Waals surface area contributed by atoms with Gasteiger partial charge >= 0.3 is 0 Å². The van der Waals surface area contributed by atoms with E-state index in [1.807, 2.05) is 0 Å². The van der Waals surface area contributed by atoms with Gasteiger partial charge in [0.15, 0.2) is 0 Å². The van der Waals surface area contributed by atoms with Crippen LogP contribution in [0.1, 0.15) is 18.7 Å². The molecule has 0 bridgehead atoms. The number of aromatic nitrogens is 2. The molecule has 1 aliphatic heterocycles. The zero-order chi connectivity index (χ0) is 22.9. The maximum Gasteiger partial charge on any atom is 0.252 e. The van der Waals surface area contributed by atoms with Crippen LogP contribution in [-0.4, -0.2) is 49.0 Å². The number of hydrogen-bond donors (Lipinski definition) is 1. The molecule has 0 saturated carbocycles. The van der Waals surface area contributed by atoms with Crippen molar-refractivity contribution >= 4 is 44.6 Å². The molecule has 3 heterocycles. The molecule has 0 aliphatic carbocycles. The van der Waals surface area contributed by atoms with Gasteiger partial charge in [0.05, 0.1) is 18.1 Å². The van der Waals surface area contributed by atoms with Crippen molar-refractivity contribution in [1.29, 1.82) is 0 Å². The molecule has 170 valence electrons. The van der Waals surface area contributed by atoms with E-state index >= 15 is 0 Å². The third kappa shape index (κ3) is 4.65. The predicted molar refractivity (Wildman–Crippen MR) is 120 cm³/mol. The quantitative estimate of drug-likeness (QED) is 0.551. The molecular weight excluding hydrogens is 476 g/mol. The van der Waals surface area contributed by atoms with Crippen molar-refractivity contribution in [3.63, 3.8) is 0 Å². The summed E-state index contributed by atoms with van der Waals surface area (Å²) in [7, 11) is -2.24. The van der Waals surface area contributed by atoms with E-state index in [-0.39, 0.29) is 16.7 Å². The molecule has 1 fully saturated rings. The van der Waals surface area contributed by atoms with Crippen LogP contribution in [0.25, 0.3) is 11.4 Å². The fraction of sp³-hybridized carbons (Fsp3) is 0.350. The van der Waals surface area contributed by atoms with Gasteiger partial charge < -0.3 is 14.6 Å². The Balaban J connectivity index is 1.46. The Morgan fingerprint density at radius 3 is 2.88 bits per heavy atom. The van der Waals surface area contributed by atoms with E-state index in [2.05, 4.69) is 15.5 Å². The average molecular weight is 497 g/mol. The number of aryl methyl sites for hydroxylation is 1. The van der Waals surface area contributed by atoms with Crippen molar-refractivity contribution in [2.24, 2.45) is 5.92 Å². The van der Waals surface area contributed by atoms with Gasteiger partial charge in [-0.1, -0.05) is 16.8 Å². The molecule has 12 heteroatoms. The van der Waals surface area contributed by atoms with E-state index in [9.17, 15) is 13.2 Å². The second kappa shape index (κ2) is 9.18. The molecule has 0 unspecified atom stereocenters. The molecule has 4 rings (SSSR count). The molecule has 1 amide bonds. The summed E-state index contributed by atoms with van der Waals surface area (Å²) in [6, 6.07) is 6.48. The van der Waals surface area contributed by atoms with Gasteiger partial charge in [0.1, 0.15) is 9.96 Å². The monoisotopic (exact) mass is 496 g/mol. The lowest BCUT2D eigenvalue weighted by molar-refractivity contribution is -0.120. The molecule has 3 aromatic rings. The van der Waals surface area contributed by atoms with Gasteiger partial charge in [-0.2, -0.15) is 9.29 Å². The molecule has 1 N–H and O–H groups in total. The summed E-state index contributed by atoms with van der Waals surface area (Å²) in [5.41, 5.74) is 1.10. The Bertz CT molecular complexity index is 1240. The van der Waals surface area contributed by atoms with Gasteiger partial charge in [-0.15, -0.1) is 11.3 Å². The molecule has 32 heavy (non-hydrogen) atoms. The van der Waals surface area contributed by atoms with E-state index in [0.29, 0.717) is 53.1 Å². The molecule has 1 atom stereocenters. The highest BCUT2D eigenvalue weighted by Crippen LogP contribution is 2.32. The van der Waals surface area contributed by atoms with E-state index < -0.39 is 15.9 Å². The summed E-state index contributed by atoms with van der Waals surface area (Å²) in [6.45, 7) is 2.13. The first kappa shape index (κ1) is 22.7. The van der Waals surface area contributed by atoms with Crippen LogP contribution in [0.5, 0.6) is 5.75 Å². The zero-order valence-corrected chi connectivity index (χ0v) is 19.8. The first-order chi connectivity index (χ1) is 15.3. The minimum absolute atomic E-state index is 0.104. The number of carbonyl (C=O) groups is 1. The molecule has 1 aliphatic rings. The number of nitrogens with one attached hydrogen (secondary N) is 1. The molecule has 2 aromatic heterocycles. The lowest BCUT2D eigenvalue weighted by atomic mass is 9.98. The van der Waals surface area contributed by atoms with Gasteiger partial charge in [-0.3, -0.25) is 4.79 Å². The zero-order valence-electron chi connectivity index (χ0n) is 17.4. The number of methoxy groups -OCH3 is 1. The Hall–Kier alpha value is -2.47. The third-order valence-electron chi connectivity index (χ3n) is 5.13. The Kier molecular flexibility index (Phi) is 6.52. The molecule has 1 saturated heterocycles. The fourth-order valence-electron chi connectivity index (χ4n) is 3.48. The number of anilines is 1. The predicted octanol–water partition coefficient (Wildman–Crippen LogP) is 3.81. The smallest absolute Gasteiger partial charge is 0.252 e. The molecule has 0 radical (unpaired) electrons. The number of carbonyl (C=O) groups excluding carboxylic acids is 1. The van der Waals surface area contributed by atoms with E-state index in [0.717, 1.165) is 11.3 Å². The van der Waals surface area contributed by atoms with Crippen LogP contribution in [-0.2, 0) is 14.8 Å². The van der Waals surface area contributed by atoms with Crippen molar-refractivity contribution in [2.45, 2.75) is 24.0 Å². The van der Waals surface area contributed by atoms with Gasteiger partial charge in [0.25, 0.3) is 10.0 Å². The van der Waals surface area contributed by atoms with Crippen LogP contribution in [0, 0.1) is 12.8 Å². The number of hydrogen-bond acceptors (Lipinski definition) is 8. The van der Waals surface area contributed by atoms with Crippen LogP contribution in [0.15, 0.2) is 38.4 Å². The summed E-state index contributed by atoms with van der Waals surface area (Å²) in [5, 5.41) is 8.70. The summed E-state index contributed by atoms with van der Waals surface area (Å²) < 4.78 is 38.0. The van der Waals surface area contributed by atoms with Crippen LogP contribution in [0.3, 0.4) is 0 Å². The van der Waals surface area contributed by atoms with E-state index in [4.69, 9.17) is 20.9 Å². The number of rotatable bonds is 6. The maximum absolute atomic E-state index is 13.2. The Labute approximate surface area is 194 Å². The van der Waals surface area contributed by atoms with Crippen molar-refractivity contribution in [3.8, 4) is 17.1 Å². The minimum atomic E-state index is -3.75. The minimum Gasteiger partial charge on any atom is -0.495 e. The van der Waals surface area contributed by atoms with Crippen LogP contribution in [0.2, 0.25) is 5.02 Å². The van der Waals surface area contributed by atoms with Crippen LogP contribution < -0.4 is 10.1 Å². The molecular formula is C20H21ClN4O5S2. The Morgan fingerprint density at radius 2 is 2.19 bits per heavy atom. The van der Waals surface area contributed by atoms with Gasteiger partial charge in [-0.25, -0.2) is 8.42 Å². The molecule has 9 nitrogen and oxygen atoms in total. The number of piperidine rings is 1. The summed E-state index contributed by atoms with van der Waals surface area (Å²) >= 11 is 7.21. The average Bonchev–Trinajstić information content (AvgIpc) is 3.43. The van der Waals surface area contributed by atoms with Crippen LogP contribution >= 0.6 is 22.9 Å². The second-order valence-electron chi connectivity index (χ2n) is 7.33. The van der Waals surface area contributed by atoms with Gasteiger partial charge in [0.2, 0.25) is 17.6 Å². The second-order valence-corrected chi connectivity index (χ2v) is 10.8. The van der Waals surface area contributed by atoms with Crippen molar-refractivity contribution in [2.75, 3.05) is 25.5 Å². The van der Waals surface area contributed by atoms with Gasteiger partial charge in [-0.05, 0) is 37.1 Å². The standard InChI is InChI=1S/C20H21ClN4O5S2/c1-12-22-19(24-30-12)14-8-18(31-11-14)32(27,28)25-7-3-4-13(10-25)20(26)23-15-5-6-17(29-2)16(21)9-15/h5-6,8-9,11,13H,3-4,7,10H2,1-2H3,(H,23,26)/t13-/m1/s1. The lowest BCUT2D eigenvalue weighted by Crippen LogP contribution is -2.43. The van der Waals surface area contributed by atoms with E-state index in [1.165, 1.54) is 17.5 Å². The highest BCUT2D eigenvalue weighted by Gasteiger charge is 2.34. The number of benzene rings is 1. The number of thiophene rings is 1. The fourth-order valence-corrected chi connectivity index (χ4v) is 6.57. The lowest BCUT2D eigenvalue weighted by Gasteiger charge is -2.30. The number of nitrogens with zero attached hydrogens (tertiary/aromatic N) is 3. The summed E-state index contributed by atoms with van der Waals surface area (Å²) in [4.78, 5) is 16.9. The number of halogens is 1. The first-order valence-electron chi connectivity index (χ1n) is 9.81. The highest BCUT2D eigenvalue weighted by atomic mass is 35.5. The van der Waals surface area contributed by atoms with Crippen molar-refractivity contribution in [3.05, 3.63) is 40.6 Å². The van der Waals surface area contributed by atoms with E-state index in [1.54, 1.807) is 30.5 Å². The topological polar surface area (TPSA) is 115 Å². The molecule has 0 spiro atoms. The van der Waals surface area contributed by atoms with Gasteiger partial charge in [0, 0.05) is 36.6 Å². The van der Waals surface area contributed by atoms with Crippen molar-refractivity contribution < 1.29 is 22.5 Å². The van der Waals surface area contributed by atoms with Crippen LogP contribution in [0.4, 0.5) is 5.69 Å². The molecule has 1 aromatic carbocycles. The summed E-state index contributed by atoms with van der Waals surface area (Å²) in [5.74, 6) is 0.526. The number of ether oxygens (including phenoxy) is 1. The SMILES string of the molecule is COc1ccc(NC(=O)[C@@H]2CCCN(S(=O)(=O)c3cc(-c4noc(C)n4)cs3)C2)cc1Cl. The largest absolute Gasteiger partial charge is 0.495 e. The summed E-state index contributed by atoms with van der Waals surface area (Å²) in [6.07, 6.45) is 1.18. The number of amides is 1. The third-order valence-corrected chi connectivity index (χ3v) is 8.71.